The van der Waals surface area contributed by atoms with E-state index in [0.717, 1.165) is 36.5 Å². The van der Waals surface area contributed by atoms with Crippen molar-refractivity contribution in [1.29, 1.82) is 0 Å². The molecule has 0 aliphatic carbocycles. The average molecular weight is 346 g/mol. The van der Waals surface area contributed by atoms with Crippen LogP contribution in [0.3, 0.4) is 0 Å². The maximum Gasteiger partial charge on any atom is 0.325 e. The van der Waals surface area contributed by atoms with Crippen molar-refractivity contribution >= 4 is 11.9 Å². The van der Waals surface area contributed by atoms with Crippen LogP contribution < -0.4 is 10.1 Å². The second kappa shape index (κ2) is 7.44. The van der Waals surface area contributed by atoms with Crippen molar-refractivity contribution in [3.63, 3.8) is 0 Å². The normalized spacial score (nSPS) is 23.4. The summed E-state index contributed by atoms with van der Waals surface area (Å²) < 4.78 is 11.4. The topological polar surface area (TPSA) is 67.9 Å². The quantitative estimate of drug-likeness (QED) is 0.804. The molecule has 25 heavy (non-hydrogen) atoms. The Bertz CT molecular complexity index is 653. The third-order valence-electron chi connectivity index (χ3n) is 4.77. The van der Waals surface area contributed by atoms with Gasteiger partial charge >= 0.3 is 6.03 Å². The van der Waals surface area contributed by atoms with Gasteiger partial charge in [0.2, 0.25) is 0 Å². The Morgan fingerprint density at radius 1 is 1.36 bits per heavy atom. The molecule has 0 unspecified atom stereocenters. The minimum absolute atomic E-state index is 0.0672. The van der Waals surface area contributed by atoms with Gasteiger partial charge in [-0.15, -0.1) is 0 Å². The zero-order chi connectivity index (χ0) is 18.0. The van der Waals surface area contributed by atoms with Crippen molar-refractivity contribution in [2.24, 2.45) is 11.8 Å². The van der Waals surface area contributed by atoms with Gasteiger partial charge in [0, 0.05) is 18.1 Å². The fraction of sp³-hybridized carbons (Fsp3) is 0.579. The summed E-state index contributed by atoms with van der Waals surface area (Å²) >= 11 is 0. The molecule has 6 nitrogen and oxygen atoms in total. The van der Waals surface area contributed by atoms with Gasteiger partial charge in [0.05, 0.1) is 19.8 Å². The van der Waals surface area contributed by atoms with E-state index in [1.807, 2.05) is 39.0 Å². The van der Waals surface area contributed by atoms with Crippen LogP contribution in [0.4, 0.5) is 4.79 Å². The number of nitrogens with one attached hydrogen (secondary N) is 1. The van der Waals surface area contributed by atoms with Crippen molar-refractivity contribution < 1.29 is 19.1 Å². The second-order valence-electron chi connectivity index (χ2n) is 7.25. The molecule has 2 aliphatic heterocycles. The zero-order valence-electron chi connectivity index (χ0n) is 15.1. The van der Waals surface area contributed by atoms with E-state index in [9.17, 15) is 9.59 Å². The first kappa shape index (κ1) is 17.7. The van der Waals surface area contributed by atoms with Crippen LogP contribution in [0.2, 0.25) is 0 Å². The molecule has 136 valence electrons. The minimum Gasteiger partial charge on any atom is -0.493 e. The predicted octanol–water partition coefficient (Wildman–Crippen LogP) is 2.49. The number of rotatable bonds is 6. The number of amides is 3. The van der Waals surface area contributed by atoms with E-state index in [1.165, 1.54) is 4.90 Å². The number of ether oxygens (including phenoxy) is 2. The van der Waals surface area contributed by atoms with Crippen molar-refractivity contribution in [2.45, 2.75) is 39.8 Å². The number of carbonyl (C=O) groups is 2. The van der Waals surface area contributed by atoms with Crippen LogP contribution in [0.15, 0.2) is 18.2 Å². The molecule has 0 saturated carbocycles. The lowest BCUT2D eigenvalue weighted by molar-refractivity contribution is -0.128. The molecule has 1 N–H and O–H groups in total. The van der Waals surface area contributed by atoms with E-state index in [1.54, 1.807) is 0 Å². The first-order valence-electron chi connectivity index (χ1n) is 8.87. The Kier molecular flexibility index (Phi) is 5.27. The Morgan fingerprint density at radius 3 is 2.80 bits per heavy atom. The standard InChI is InChI=1S/C19H26N2O4/c1-12(2)17-18(22)21(19(23)20-17)9-15-5-4-13(3)8-16(15)25-11-14-6-7-24-10-14/h4-5,8,12,14,17H,6-7,9-11H2,1-3H3,(H,20,23)/t14-,17-/m0/s1. The minimum atomic E-state index is -0.446. The Balaban J connectivity index is 1.73. The van der Waals surface area contributed by atoms with Crippen LogP contribution in [-0.2, 0) is 16.1 Å². The molecule has 2 aliphatic rings. The van der Waals surface area contributed by atoms with Gasteiger partial charge in [-0.1, -0.05) is 26.0 Å². The highest BCUT2D eigenvalue weighted by Crippen LogP contribution is 2.26. The van der Waals surface area contributed by atoms with E-state index < -0.39 is 6.04 Å². The summed E-state index contributed by atoms with van der Waals surface area (Å²) in [6.07, 6.45) is 1.00. The first-order chi connectivity index (χ1) is 12.0. The molecule has 6 heteroatoms. The highest BCUT2D eigenvalue weighted by atomic mass is 16.5. The molecule has 3 amide bonds. The van der Waals surface area contributed by atoms with Gasteiger partial charge in [-0.3, -0.25) is 9.69 Å². The van der Waals surface area contributed by atoms with Crippen LogP contribution in [0.25, 0.3) is 0 Å². The lowest BCUT2D eigenvalue weighted by Crippen LogP contribution is -2.34. The largest absolute Gasteiger partial charge is 0.493 e. The number of nitrogens with zero attached hydrogens (tertiary/aromatic N) is 1. The van der Waals surface area contributed by atoms with Crippen LogP contribution in [-0.4, -0.2) is 42.7 Å². The van der Waals surface area contributed by atoms with E-state index in [0.29, 0.717) is 12.5 Å². The molecule has 0 spiro atoms. The molecule has 0 bridgehead atoms. The van der Waals surface area contributed by atoms with Crippen LogP contribution in [0.1, 0.15) is 31.4 Å². The van der Waals surface area contributed by atoms with Crippen molar-refractivity contribution in [1.82, 2.24) is 10.2 Å². The van der Waals surface area contributed by atoms with E-state index in [4.69, 9.17) is 9.47 Å². The highest BCUT2D eigenvalue weighted by molar-refractivity contribution is 6.04. The molecule has 2 atom stereocenters. The second-order valence-corrected chi connectivity index (χ2v) is 7.25. The number of hydrogen-bond acceptors (Lipinski definition) is 4. The third kappa shape index (κ3) is 3.95. The van der Waals surface area contributed by atoms with Crippen molar-refractivity contribution in [3.8, 4) is 5.75 Å². The zero-order valence-corrected chi connectivity index (χ0v) is 15.1. The lowest BCUT2D eigenvalue weighted by Gasteiger charge is -2.18. The maximum atomic E-state index is 12.5. The Morgan fingerprint density at radius 2 is 2.16 bits per heavy atom. The molecule has 2 saturated heterocycles. The number of urea groups is 1. The lowest BCUT2D eigenvalue weighted by atomic mass is 10.0. The van der Waals surface area contributed by atoms with Gasteiger partial charge in [0.15, 0.2) is 0 Å². The predicted molar refractivity (Wildman–Crippen MR) is 93.3 cm³/mol. The molecular formula is C19H26N2O4. The Labute approximate surface area is 148 Å². The van der Waals surface area contributed by atoms with E-state index >= 15 is 0 Å². The van der Waals surface area contributed by atoms with E-state index in [2.05, 4.69) is 5.32 Å². The average Bonchev–Trinajstić information content (AvgIpc) is 3.18. The summed E-state index contributed by atoms with van der Waals surface area (Å²) in [4.78, 5) is 26.0. The molecule has 1 aromatic carbocycles. The summed E-state index contributed by atoms with van der Waals surface area (Å²) in [6, 6.07) is 5.08. The van der Waals surface area contributed by atoms with Crippen LogP contribution in [0.5, 0.6) is 5.75 Å². The van der Waals surface area contributed by atoms with Gasteiger partial charge < -0.3 is 14.8 Å². The van der Waals surface area contributed by atoms with Crippen molar-refractivity contribution in [2.75, 3.05) is 19.8 Å². The molecule has 1 aromatic rings. The molecular weight excluding hydrogens is 320 g/mol. The number of benzene rings is 1. The number of hydrogen-bond donors (Lipinski definition) is 1. The summed E-state index contributed by atoms with van der Waals surface area (Å²) in [5.41, 5.74) is 1.93. The van der Waals surface area contributed by atoms with Gasteiger partial charge in [0.25, 0.3) is 5.91 Å². The van der Waals surface area contributed by atoms with Gasteiger partial charge in [-0.2, -0.15) is 0 Å². The fourth-order valence-electron chi connectivity index (χ4n) is 3.16. The fourth-order valence-corrected chi connectivity index (χ4v) is 3.16. The number of carbonyl (C=O) groups excluding carboxylic acids is 2. The first-order valence-corrected chi connectivity index (χ1v) is 8.87. The third-order valence-corrected chi connectivity index (χ3v) is 4.77. The Hall–Kier alpha value is -2.08. The maximum absolute atomic E-state index is 12.5. The molecule has 0 radical (unpaired) electrons. The van der Waals surface area contributed by atoms with Crippen LogP contribution in [0, 0.1) is 18.8 Å². The molecule has 3 rings (SSSR count). The van der Waals surface area contributed by atoms with Crippen molar-refractivity contribution in [3.05, 3.63) is 29.3 Å². The van der Waals surface area contributed by atoms with Gasteiger partial charge in [0.1, 0.15) is 11.8 Å². The molecule has 2 heterocycles. The summed E-state index contributed by atoms with van der Waals surface area (Å²) in [7, 11) is 0. The van der Waals surface area contributed by atoms with Gasteiger partial charge in [-0.25, -0.2) is 4.79 Å². The van der Waals surface area contributed by atoms with E-state index in [-0.39, 0.29) is 24.4 Å². The van der Waals surface area contributed by atoms with Crippen LogP contribution >= 0.6 is 0 Å². The highest BCUT2D eigenvalue weighted by Gasteiger charge is 2.39. The summed E-state index contributed by atoms with van der Waals surface area (Å²) in [6.45, 7) is 8.18. The number of imide groups is 1. The summed E-state index contributed by atoms with van der Waals surface area (Å²) in [5.74, 6) is 1.03. The van der Waals surface area contributed by atoms with Gasteiger partial charge in [-0.05, 0) is 30.9 Å². The monoisotopic (exact) mass is 346 g/mol. The summed E-state index contributed by atoms with van der Waals surface area (Å²) in [5, 5.41) is 2.76. The smallest absolute Gasteiger partial charge is 0.325 e. The molecule has 2 fully saturated rings. The molecule has 0 aromatic heterocycles. The number of aryl methyl sites for hydroxylation is 1. The SMILES string of the molecule is Cc1ccc(CN2C(=O)N[C@@H](C(C)C)C2=O)c(OC[C@H]2CCOC2)c1.